The quantitative estimate of drug-likeness (QED) is 0.393. The van der Waals surface area contributed by atoms with Crippen LogP contribution in [0.15, 0.2) is 67.1 Å². The second kappa shape index (κ2) is 9.37. The van der Waals surface area contributed by atoms with Crippen molar-refractivity contribution in [1.29, 1.82) is 0 Å². The topological polar surface area (TPSA) is 106 Å². The molecule has 0 bridgehead atoms. The number of aryl methyl sites for hydroxylation is 1. The Balaban J connectivity index is 1.47. The summed E-state index contributed by atoms with van der Waals surface area (Å²) >= 11 is 0. The minimum absolute atomic E-state index is 0.0135. The fourth-order valence-corrected chi connectivity index (χ4v) is 3.96. The number of carbonyl (C=O) groups excluding carboxylic acids is 1. The number of alkyl halides is 3. The van der Waals surface area contributed by atoms with E-state index in [-0.39, 0.29) is 18.0 Å². The number of benzene rings is 2. The number of halogens is 3. The summed E-state index contributed by atoms with van der Waals surface area (Å²) in [6, 6.07) is 10.5. The SMILES string of the molecule is CS(=O)(=O)CCn1ncc2c(-c3ccc(NC(=O)Nc4cccc(C(F)(F)F)c4)cc3)cncc21. The number of sulfone groups is 1. The largest absolute Gasteiger partial charge is 0.416 e. The average molecular weight is 504 g/mol. The predicted molar refractivity (Wildman–Crippen MR) is 127 cm³/mol. The molecule has 4 rings (SSSR count). The Morgan fingerprint density at radius 1 is 1.00 bits per heavy atom. The molecule has 2 aromatic heterocycles. The van der Waals surface area contributed by atoms with Crippen molar-refractivity contribution in [2.75, 3.05) is 22.6 Å². The van der Waals surface area contributed by atoms with E-state index >= 15 is 0 Å². The van der Waals surface area contributed by atoms with E-state index in [1.54, 1.807) is 47.5 Å². The summed E-state index contributed by atoms with van der Waals surface area (Å²) < 4.78 is 63.1. The monoisotopic (exact) mass is 503 g/mol. The zero-order valence-electron chi connectivity index (χ0n) is 18.4. The molecule has 0 aliphatic heterocycles. The van der Waals surface area contributed by atoms with Crippen molar-refractivity contribution >= 4 is 38.1 Å². The minimum atomic E-state index is -4.51. The van der Waals surface area contributed by atoms with E-state index < -0.39 is 27.6 Å². The molecule has 0 saturated heterocycles. The molecule has 0 aliphatic rings. The van der Waals surface area contributed by atoms with Gasteiger partial charge in [0, 0.05) is 34.8 Å². The van der Waals surface area contributed by atoms with Crippen LogP contribution in [0.4, 0.5) is 29.3 Å². The van der Waals surface area contributed by atoms with Gasteiger partial charge in [0.05, 0.1) is 35.8 Å². The van der Waals surface area contributed by atoms with Crippen LogP contribution in [0, 0.1) is 0 Å². The summed E-state index contributed by atoms with van der Waals surface area (Å²) in [6.45, 7) is 0.206. The molecule has 0 unspecified atom stereocenters. The van der Waals surface area contributed by atoms with Crippen LogP contribution < -0.4 is 10.6 Å². The Labute approximate surface area is 198 Å². The summed E-state index contributed by atoms with van der Waals surface area (Å²) in [5, 5.41) is 10.0. The lowest BCUT2D eigenvalue weighted by molar-refractivity contribution is -0.137. The average Bonchev–Trinajstić information content (AvgIpc) is 3.21. The molecule has 0 spiro atoms. The number of nitrogens with one attached hydrogen (secondary N) is 2. The maximum absolute atomic E-state index is 12.9. The van der Waals surface area contributed by atoms with Gasteiger partial charge in [-0.15, -0.1) is 0 Å². The van der Waals surface area contributed by atoms with Gasteiger partial charge in [0.25, 0.3) is 0 Å². The van der Waals surface area contributed by atoms with Crippen molar-refractivity contribution in [2.45, 2.75) is 12.7 Å². The van der Waals surface area contributed by atoms with Gasteiger partial charge in [-0.2, -0.15) is 18.3 Å². The van der Waals surface area contributed by atoms with Crippen LogP contribution in [0.5, 0.6) is 0 Å². The van der Waals surface area contributed by atoms with Gasteiger partial charge in [0.15, 0.2) is 0 Å². The maximum atomic E-state index is 12.9. The molecule has 0 fully saturated rings. The molecule has 182 valence electrons. The first-order valence-electron chi connectivity index (χ1n) is 10.3. The third-order valence-electron chi connectivity index (χ3n) is 5.15. The molecule has 2 N–H and O–H groups in total. The molecule has 12 heteroatoms. The number of hydrogen-bond donors (Lipinski definition) is 2. The Bertz CT molecular complexity index is 1480. The van der Waals surface area contributed by atoms with Crippen LogP contribution >= 0.6 is 0 Å². The molecule has 0 saturated carbocycles. The number of urea groups is 1. The fraction of sp³-hybridized carbons (Fsp3) is 0.174. The van der Waals surface area contributed by atoms with E-state index in [4.69, 9.17) is 0 Å². The highest BCUT2D eigenvalue weighted by Crippen LogP contribution is 2.31. The molecular weight excluding hydrogens is 483 g/mol. The standard InChI is InChI=1S/C23H20F3N5O3S/c1-35(33,34)10-9-31-21-14-27-12-19(20(21)13-28-31)15-5-7-17(8-6-15)29-22(32)30-18-4-2-3-16(11-18)23(24,25)26/h2-8,11-14H,9-10H2,1H3,(H2,29,30,32). The number of nitrogens with zero attached hydrogens (tertiary/aromatic N) is 3. The van der Waals surface area contributed by atoms with Crippen LogP contribution in [0.1, 0.15) is 5.56 Å². The van der Waals surface area contributed by atoms with Gasteiger partial charge in [0.2, 0.25) is 0 Å². The smallest absolute Gasteiger partial charge is 0.308 e. The molecule has 8 nitrogen and oxygen atoms in total. The number of amides is 2. The molecule has 2 aromatic carbocycles. The zero-order chi connectivity index (χ0) is 25.2. The van der Waals surface area contributed by atoms with E-state index in [9.17, 15) is 26.4 Å². The summed E-state index contributed by atoms with van der Waals surface area (Å²) in [6.07, 6.45) is 1.57. The van der Waals surface area contributed by atoms with Crippen LogP contribution in [0.25, 0.3) is 22.0 Å². The molecule has 0 radical (unpaired) electrons. The number of aromatic nitrogens is 3. The molecule has 2 amide bonds. The molecule has 2 heterocycles. The number of carbonyl (C=O) groups is 1. The predicted octanol–water partition coefficient (Wildman–Crippen LogP) is 4.81. The van der Waals surface area contributed by atoms with E-state index in [1.165, 1.54) is 12.1 Å². The Morgan fingerprint density at radius 2 is 1.71 bits per heavy atom. The van der Waals surface area contributed by atoms with Gasteiger partial charge in [-0.25, -0.2) is 13.2 Å². The first-order chi connectivity index (χ1) is 16.5. The molecule has 35 heavy (non-hydrogen) atoms. The highest BCUT2D eigenvalue weighted by atomic mass is 32.2. The van der Waals surface area contributed by atoms with Crippen LogP contribution in [-0.2, 0) is 22.6 Å². The van der Waals surface area contributed by atoms with E-state index in [0.717, 1.165) is 34.9 Å². The van der Waals surface area contributed by atoms with E-state index in [1.807, 2.05) is 0 Å². The molecular formula is C23H20F3N5O3S. The normalized spacial score (nSPS) is 12.0. The first kappa shape index (κ1) is 24.2. The van der Waals surface area contributed by atoms with Gasteiger partial charge in [-0.3, -0.25) is 9.67 Å². The second-order valence-electron chi connectivity index (χ2n) is 7.85. The number of pyridine rings is 1. The summed E-state index contributed by atoms with van der Waals surface area (Å²) in [5.41, 5.74) is 1.83. The molecule has 0 aliphatic carbocycles. The number of hydrogen-bond acceptors (Lipinski definition) is 5. The number of anilines is 2. The zero-order valence-corrected chi connectivity index (χ0v) is 19.2. The third kappa shape index (κ3) is 5.96. The summed E-state index contributed by atoms with van der Waals surface area (Å²) in [7, 11) is -3.15. The van der Waals surface area contributed by atoms with Gasteiger partial charge in [-0.05, 0) is 35.9 Å². The lowest BCUT2D eigenvalue weighted by Crippen LogP contribution is -2.19. The van der Waals surface area contributed by atoms with Crippen molar-refractivity contribution in [1.82, 2.24) is 14.8 Å². The lowest BCUT2D eigenvalue weighted by Gasteiger charge is -2.11. The number of fused-ring (bicyclic) bond motifs is 1. The highest BCUT2D eigenvalue weighted by molar-refractivity contribution is 7.90. The molecule has 4 aromatic rings. The summed E-state index contributed by atoms with van der Waals surface area (Å²) in [5.74, 6) is -0.0447. The Morgan fingerprint density at radius 3 is 2.40 bits per heavy atom. The highest BCUT2D eigenvalue weighted by Gasteiger charge is 2.30. The maximum Gasteiger partial charge on any atom is 0.416 e. The van der Waals surface area contributed by atoms with Crippen molar-refractivity contribution in [3.63, 3.8) is 0 Å². The summed E-state index contributed by atoms with van der Waals surface area (Å²) in [4.78, 5) is 16.5. The van der Waals surface area contributed by atoms with E-state index in [0.29, 0.717) is 11.2 Å². The minimum Gasteiger partial charge on any atom is -0.308 e. The van der Waals surface area contributed by atoms with Gasteiger partial charge >= 0.3 is 12.2 Å². The Kier molecular flexibility index (Phi) is 6.48. The fourth-order valence-electron chi connectivity index (χ4n) is 3.45. The second-order valence-corrected chi connectivity index (χ2v) is 10.1. The van der Waals surface area contributed by atoms with Crippen molar-refractivity contribution < 1.29 is 26.4 Å². The third-order valence-corrected chi connectivity index (χ3v) is 6.07. The van der Waals surface area contributed by atoms with E-state index in [2.05, 4.69) is 20.7 Å². The van der Waals surface area contributed by atoms with Gasteiger partial charge in [-0.1, -0.05) is 18.2 Å². The van der Waals surface area contributed by atoms with Gasteiger partial charge < -0.3 is 10.6 Å². The first-order valence-corrected chi connectivity index (χ1v) is 12.4. The Hall–Kier alpha value is -3.93. The van der Waals surface area contributed by atoms with Crippen LogP contribution in [0.3, 0.4) is 0 Å². The molecule has 0 atom stereocenters. The van der Waals surface area contributed by atoms with Crippen molar-refractivity contribution in [2.24, 2.45) is 0 Å². The van der Waals surface area contributed by atoms with Crippen molar-refractivity contribution in [3.05, 3.63) is 72.7 Å². The van der Waals surface area contributed by atoms with Crippen LogP contribution in [0.2, 0.25) is 0 Å². The number of rotatable bonds is 6. The van der Waals surface area contributed by atoms with Crippen LogP contribution in [-0.4, -0.2) is 41.2 Å². The lowest BCUT2D eigenvalue weighted by atomic mass is 10.0. The van der Waals surface area contributed by atoms with Crippen molar-refractivity contribution in [3.8, 4) is 11.1 Å². The van der Waals surface area contributed by atoms with Gasteiger partial charge in [0.1, 0.15) is 9.84 Å².